The number of nitrogens with two attached hydrogens (primary N) is 1. The quantitative estimate of drug-likeness (QED) is 0.245. The molecule has 0 aliphatic carbocycles. The van der Waals surface area contributed by atoms with Crippen LogP contribution in [0, 0.1) is 6.92 Å². The maximum atomic E-state index is 14.6. The second-order valence-corrected chi connectivity index (χ2v) is 11.2. The molecule has 1 saturated heterocycles. The van der Waals surface area contributed by atoms with E-state index < -0.39 is 5.91 Å². The summed E-state index contributed by atoms with van der Waals surface area (Å²) >= 11 is 0. The molecule has 1 fully saturated rings. The molecule has 1 unspecified atom stereocenters. The molecule has 43 heavy (non-hydrogen) atoms. The zero-order chi connectivity index (χ0) is 29.8. The van der Waals surface area contributed by atoms with E-state index in [0.717, 1.165) is 47.8 Å². The number of carbonyl (C=O) groups excluding carboxylic acids is 2. The van der Waals surface area contributed by atoms with Crippen LogP contribution < -0.4 is 5.73 Å². The molecule has 6 nitrogen and oxygen atoms in total. The molecule has 1 aliphatic rings. The van der Waals surface area contributed by atoms with Crippen LogP contribution in [0.25, 0.3) is 16.9 Å². The zero-order valence-electron chi connectivity index (χ0n) is 24.4. The number of benzene rings is 4. The SMILES string of the molecule is Cc1cc(C(=O)N2CCN(Cc3ccccc3)CC2Cc2ccc(C(N)=O)cc2)c(-c2ccccc2)n1-c1ccccc1. The number of carbonyl (C=O) groups is 2. The fraction of sp³-hybridized carbons (Fsp3) is 0.189. The van der Waals surface area contributed by atoms with Gasteiger partial charge in [-0.25, -0.2) is 0 Å². The lowest BCUT2D eigenvalue weighted by Crippen LogP contribution is -2.55. The number of para-hydroxylation sites is 1. The highest BCUT2D eigenvalue weighted by atomic mass is 16.2. The van der Waals surface area contributed by atoms with Crippen LogP contribution in [0.5, 0.6) is 0 Å². The molecule has 6 rings (SSSR count). The van der Waals surface area contributed by atoms with Crippen molar-refractivity contribution in [2.75, 3.05) is 19.6 Å². The minimum absolute atomic E-state index is 0.0368. The normalized spacial score (nSPS) is 15.4. The minimum atomic E-state index is -0.443. The predicted octanol–water partition coefficient (Wildman–Crippen LogP) is 6.12. The second kappa shape index (κ2) is 12.5. The van der Waals surface area contributed by atoms with Crippen molar-refractivity contribution < 1.29 is 9.59 Å². The van der Waals surface area contributed by atoms with Crippen LogP contribution in [0.3, 0.4) is 0 Å². The molecule has 6 heteroatoms. The maximum Gasteiger partial charge on any atom is 0.256 e. The van der Waals surface area contributed by atoms with Gasteiger partial charge in [0.25, 0.3) is 5.91 Å². The summed E-state index contributed by atoms with van der Waals surface area (Å²) in [5.74, 6) is -0.406. The van der Waals surface area contributed by atoms with Gasteiger partial charge < -0.3 is 15.2 Å². The number of amides is 2. The molecule has 5 aromatic rings. The summed E-state index contributed by atoms with van der Waals surface area (Å²) in [6, 6.07) is 40.3. The Morgan fingerprint density at radius 2 is 1.40 bits per heavy atom. The summed E-state index contributed by atoms with van der Waals surface area (Å²) in [4.78, 5) is 30.8. The summed E-state index contributed by atoms with van der Waals surface area (Å²) in [5.41, 5.74) is 12.9. The Bertz CT molecular complexity index is 1700. The summed E-state index contributed by atoms with van der Waals surface area (Å²) < 4.78 is 2.19. The molecule has 1 aliphatic heterocycles. The highest BCUT2D eigenvalue weighted by molar-refractivity contribution is 6.01. The van der Waals surface area contributed by atoms with E-state index in [9.17, 15) is 9.59 Å². The average molecular weight is 569 g/mol. The monoisotopic (exact) mass is 568 g/mol. The number of aromatic nitrogens is 1. The van der Waals surface area contributed by atoms with Gasteiger partial charge in [-0.2, -0.15) is 0 Å². The Morgan fingerprint density at radius 3 is 2.05 bits per heavy atom. The fourth-order valence-electron chi connectivity index (χ4n) is 6.17. The van der Waals surface area contributed by atoms with E-state index in [1.807, 2.05) is 60.7 Å². The van der Waals surface area contributed by atoms with Crippen LogP contribution in [-0.4, -0.2) is 51.9 Å². The van der Waals surface area contributed by atoms with Gasteiger partial charge in [-0.05, 0) is 60.4 Å². The zero-order valence-corrected chi connectivity index (χ0v) is 24.4. The fourth-order valence-corrected chi connectivity index (χ4v) is 6.17. The van der Waals surface area contributed by atoms with Crippen LogP contribution in [0.2, 0.25) is 0 Å². The summed E-state index contributed by atoms with van der Waals surface area (Å²) in [6.07, 6.45) is 0.676. The van der Waals surface area contributed by atoms with Crippen LogP contribution in [0.15, 0.2) is 121 Å². The lowest BCUT2D eigenvalue weighted by Gasteiger charge is -2.42. The first kappa shape index (κ1) is 28.2. The summed E-state index contributed by atoms with van der Waals surface area (Å²) in [6.45, 7) is 5.05. The van der Waals surface area contributed by atoms with Gasteiger partial charge in [0.05, 0.1) is 11.3 Å². The molecule has 0 spiro atoms. The molecule has 4 aromatic carbocycles. The number of primary amides is 1. The van der Waals surface area contributed by atoms with Crippen molar-refractivity contribution in [2.24, 2.45) is 5.73 Å². The van der Waals surface area contributed by atoms with E-state index in [4.69, 9.17) is 5.73 Å². The highest BCUT2D eigenvalue weighted by Crippen LogP contribution is 2.33. The first-order valence-electron chi connectivity index (χ1n) is 14.8. The molecule has 0 bridgehead atoms. The first-order valence-corrected chi connectivity index (χ1v) is 14.8. The lowest BCUT2D eigenvalue weighted by molar-refractivity contribution is 0.0439. The van der Waals surface area contributed by atoms with Crippen molar-refractivity contribution in [3.05, 3.63) is 149 Å². The average Bonchev–Trinajstić information content (AvgIpc) is 3.39. The van der Waals surface area contributed by atoms with Gasteiger partial charge in [0.15, 0.2) is 0 Å². The predicted molar refractivity (Wildman–Crippen MR) is 171 cm³/mol. The molecule has 2 amide bonds. The molecule has 2 N–H and O–H groups in total. The van der Waals surface area contributed by atoms with E-state index >= 15 is 0 Å². The third-order valence-corrected chi connectivity index (χ3v) is 8.26. The van der Waals surface area contributed by atoms with Gasteiger partial charge >= 0.3 is 0 Å². The molecular weight excluding hydrogens is 532 g/mol. The van der Waals surface area contributed by atoms with Crippen molar-refractivity contribution in [3.63, 3.8) is 0 Å². The van der Waals surface area contributed by atoms with Crippen molar-refractivity contribution in [2.45, 2.75) is 25.9 Å². The van der Waals surface area contributed by atoms with E-state index in [-0.39, 0.29) is 11.9 Å². The molecule has 1 aromatic heterocycles. The number of nitrogens with zero attached hydrogens (tertiary/aromatic N) is 3. The Balaban J connectivity index is 1.36. The van der Waals surface area contributed by atoms with Crippen LogP contribution >= 0.6 is 0 Å². The van der Waals surface area contributed by atoms with Gasteiger partial charge in [0.1, 0.15) is 0 Å². The van der Waals surface area contributed by atoms with E-state index in [2.05, 4.69) is 69.8 Å². The standard InChI is InChI=1S/C37H36N4O2/c1-27-23-34(35(30-13-7-3-8-14-30)41(27)32-15-9-4-10-16-32)37(43)40-22-21-39(25-29-11-5-2-6-12-29)26-33(40)24-28-17-19-31(20-18-28)36(38)42/h2-20,23,33H,21-22,24-26H2,1H3,(H2,38,42). The maximum absolute atomic E-state index is 14.6. The van der Waals surface area contributed by atoms with E-state index in [1.54, 1.807) is 12.1 Å². The van der Waals surface area contributed by atoms with Crippen molar-refractivity contribution in [3.8, 4) is 16.9 Å². The Morgan fingerprint density at radius 1 is 0.767 bits per heavy atom. The minimum Gasteiger partial charge on any atom is -0.366 e. The van der Waals surface area contributed by atoms with Crippen molar-refractivity contribution in [1.29, 1.82) is 0 Å². The van der Waals surface area contributed by atoms with Crippen LogP contribution in [-0.2, 0) is 13.0 Å². The molecular formula is C37H36N4O2. The number of hydrogen-bond acceptors (Lipinski definition) is 3. The van der Waals surface area contributed by atoms with Gasteiger partial charge in [0.2, 0.25) is 5.91 Å². The smallest absolute Gasteiger partial charge is 0.256 e. The third kappa shape index (κ3) is 6.15. The third-order valence-electron chi connectivity index (χ3n) is 8.26. The topological polar surface area (TPSA) is 71.6 Å². The molecule has 0 radical (unpaired) electrons. The number of hydrogen-bond donors (Lipinski definition) is 1. The molecule has 216 valence electrons. The van der Waals surface area contributed by atoms with E-state index in [0.29, 0.717) is 24.1 Å². The summed E-state index contributed by atoms with van der Waals surface area (Å²) in [5, 5.41) is 0. The largest absolute Gasteiger partial charge is 0.366 e. The lowest BCUT2D eigenvalue weighted by atomic mass is 9.98. The van der Waals surface area contributed by atoms with Crippen LogP contribution in [0.1, 0.15) is 37.5 Å². The highest BCUT2D eigenvalue weighted by Gasteiger charge is 2.34. The Kier molecular flexibility index (Phi) is 8.20. The molecule has 2 heterocycles. The molecule has 0 saturated carbocycles. The molecule has 1 atom stereocenters. The first-order chi connectivity index (χ1) is 21.0. The van der Waals surface area contributed by atoms with Gasteiger partial charge in [0, 0.05) is 49.2 Å². The van der Waals surface area contributed by atoms with Crippen molar-refractivity contribution >= 4 is 11.8 Å². The van der Waals surface area contributed by atoms with Crippen molar-refractivity contribution in [1.82, 2.24) is 14.4 Å². The Labute approximate surface area is 253 Å². The van der Waals surface area contributed by atoms with Crippen LogP contribution in [0.4, 0.5) is 0 Å². The number of piperazine rings is 1. The van der Waals surface area contributed by atoms with E-state index in [1.165, 1.54) is 5.56 Å². The second-order valence-electron chi connectivity index (χ2n) is 11.2. The number of aryl methyl sites for hydroxylation is 1. The number of rotatable bonds is 8. The van der Waals surface area contributed by atoms with Gasteiger partial charge in [-0.15, -0.1) is 0 Å². The van der Waals surface area contributed by atoms with Gasteiger partial charge in [-0.1, -0.05) is 91.0 Å². The summed E-state index contributed by atoms with van der Waals surface area (Å²) in [7, 11) is 0. The Hall–Kier alpha value is -4.94. The van der Waals surface area contributed by atoms with Gasteiger partial charge in [-0.3, -0.25) is 14.5 Å².